The maximum atomic E-state index is 12.3. The minimum Gasteiger partial charge on any atom is -0.282 e. The van der Waals surface area contributed by atoms with Crippen molar-refractivity contribution in [3.63, 3.8) is 0 Å². The first-order valence-electron chi connectivity index (χ1n) is 7.08. The topological polar surface area (TPSA) is 37.4 Å². The molecule has 1 heterocycles. The Balaban J connectivity index is 2.05. The largest absolute Gasteiger partial charge is 0.282 e. The fraction of sp³-hybridized carbons (Fsp3) is 0.857. The average molecular weight is 269 g/mol. The van der Waals surface area contributed by atoms with Gasteiger partial charge in [0.25, 0.3) is 0 Å². The minimum atomic E-state index is -0.0140. The Morgan fingerprint density at radius 3 is 2.17 bits per heavy atom. The van der Waals surface area contributed by atoms with Gasteiger partial charge >= 0.3 is 0 Å². The molecule has 4 heteroatoms. The molecule has 18 heavy (non-hydrogen) atoms. The third-order valence-electron chi connectivity index (χ3n) is 4.68. The molecule has 1 aliphatic heterocycles. The second-order valence-corrected chi connectivity index (χ2v) is 6.07. The van der Waals surface area contributed by atoms with Gasteiger partial charge in [-0.2, -0.15) is 12.6 Å². The Hall–Kier alpha value is -0.510. The summed E-state index contributed by atoms with van der Waals surface area (Å²) >= 11 is 4.29. The van der Waals surface area contributed by atoms with Gasteiger partial charge in [0.05, 0.1) is 11.8 Å². The highest BCUT2D eigenvalue weighted by Crippen LogP contribution is 2.44. The first-order chi connectivity index (χ1) is 8.62. The Morgan fingerprint density at radius 1 is 1.22 bits per heavy atom. The lowest BCUT2D eigenvalue weighted by Gasteiger charge is -2.22. The molecule has 0 aromatic heterocycles. The van der Waals surface area contributed by atoms with Gasteiger partial charge in [-0.15, -0.1) is 0 Å². The van der Waals surface area contributed by atoms with E-state index in [9.17, 15) is 9.59 Å². The molecule has 2 fully saturated rings. The van der Waals surface area contributed by atoms with Crippen LogP contribution in [0.1, 0.15) is 39.5 Å². The average Bonchev–Trinajstić information content (AvgIpc) is 2.90. The molecule has 0 aromatic carbocycles. The Kier molecular flexibility index (Phi) is 4.36. The van der Waals surface area contributed by atoms with Crippen LogP contribution in [-0.4, -0.2) is 29.0 Å². The fourth-order valence-corrected chi connectivity index (χ4v) is 3.66. The molecule has 2 aliphatic rings. The lowest BCUT2D eigenvalue weighted by Crippen LogP contribution is -2.37. The number of hydrogen-bond donors (Lipinski definition) is 1. The summed E-state index contributed by atoms with van der Waals surface area (Å²) in [5.41, 5.74) is 0. The van der Waals surface area contributed by atoms with Crippen LogP contribution in [0.3, 0.4) is 0 Å². The molecule has 0 N–H and O–H groups in total. The second-order valence-electron chi connectivity index (χ2n) is 5.70. The quantitative estimate of drug-likeness (QED) is 0.614. The molecular weight excluding hydrogens is 246 g/mol. The van der Waals surface area contributed by atoms with Crippen molar-refractivity contribution in [3.05, 3.63) is 0 Å². The van der Waals surface area contributed by atoms with E-state index in [1.807, 2.05) is 0 Å². The standard InChI is InChI=1S/C14H23NO2S/c1-3-9-5-11-12(6-9)14(17)15(13(11)16)7-10(4-2)8-18/h9-12,18H,3-8H2,1-2H3. The maximum Gasteiger partial charge on any atom is 0.233 e. The number of rotatable bonds is 5. The monoisotopic (exact) mass is 269 g/mol. The molecule has 3 atom stereocenters. The zero-order valence-electron chi connectivity index (χ0n) is 11.3. The van der Waals surface area contributed by atoms with Crippen LogP contribution in [0.15, 0.2) is 0 Å². The summed E-state index contributed by atoms with van der Waals surface area (Å²) in [6, 6.07) is 0. The molecule has 1 saturated carbocycles. The Bertz CT molecular complexity index is 317. The van der Waals surface area contributed by atoms with Gasteiger partial charge in [-0.05, 0) is 30.4 Å². The molecule has 0 radical (unpaired) electrons. The van der Waals surface area contributed by atoms with Crippen molar-refractivity contribution in [2.24, 2.45) is 23.7 Å². The highest BCUT2D eigenvalue weighted by Gasteiger charge is 2.52. The first kappa shape index (κ1) is 13.9. The molecule has 1 saturated heterocycles. The molecular formula is C14H23NO2S. The van der Waals surface area contributed by atoms with Crippen LogP contribution < -0.4 is 0 Å². The van der Waals surface area contributed by atoms with Gasteiger partial charge < -0.3 is 0 Å². The Labute approximate surface area is 115 Å². The second kappa shape index (κ2) is 5.64. The van der Waals surface area contributed by atoms with Gasteiger partial charge in [0.1, 0.15) is 0 Å². The van der Waals surface area contributed by atoms with Crippen molar-refractivity contribution in [1.82, 2.24) is 4.90 Å². The smallest absolute Gasteiger partial charge is 0.233 e. The summed E-state index contributed by atoms with van der Waals surface area (Å²) < 4.78 is 0. The van der Waals surface area contributed by atoms with Crippen LogP contribution in [0.2, 0.25) is 0 Å². The minimum absolute atomic E-state index is 0.0140. The van der Waals surface area contributed by atoms with Crippen molar-refractivity contribution in [2.45, 2.75) is 39.5 Å². The number of nitrogens with zero attached hydrogens (tertiary/aromatic N) is 1. The van der Waals surface area contributed by atoms with Crippen molar-refractivity contribution in [1.29, 1.82) is 0 Å². The van der Waals surface area contributed by atoms with E-state index in [1.165, 1.54) is 4.90 Å². The summed E-state index contributed by atoms with van der Waals surface area (Å²) in [7, 11) is 0. The lowest BCUT2D eigenvalue weighted by atomic mass is 10.00. The van der Waals surface area contributed by atoms with Crippen molar-refractivity contribution < 1.29 is 9.59 Å². The normalized spacial score (nSPS) is 33.1. The fourth-order valence-electron chi connectivity index (χ4n) is 3.29. The summed E-state index contributed by atoms with van der Waals surface area (Å²) in [5.74, 6) is 1.78. The summed E-state index contributed by atoms with van der Waals surface area (Å²) in [6.07, 6.45) is 3.88. The SMILES string of the molecule is CCC1CC2C(=O)N(CC(CC)CS)C(=O)C2C1. The van der Waals surface area contributed by atoms with E-state index in [-0.39, 0.29) is 23.7 Å². The number of imide groups is 1. The van der Waals surface area contributed by atoms with E-state index in [0.717, 1.165) is 31.4 Å². The zero-order valence-corrected chi connectivity index (χ0v) is 12.2. The molecule has 3 unspecified atom stereocenters. The number of likely N-dealkylation sites (tertiary alicyclic amines) is 1. The molecule has 1 aliphatic carbocycles. The number of carbonyl (C=O) groups is 2. The molecule has 0 bridgehead atoms. The molecule has 102 valence electrons. The Morgan fingerprint density at radius 2 is 1.78 bits per heavy atom. The number of fused-ring (bicyclic) bond motifs is 1. The van der Waals surface area contributed by atoms with Gasteiger partial charge in [-0.1, -0.05) is 26.7 Å². The highest BCUT2D eigenvalue weighted by atomic mass is 32.1. The van der Waals surface area contributed by atoms with Gasteiger partial charge in [0, 0.05) is 6.54 Å². The lowest BCUT2D eigenvalue weighted by molar-refractivity contribution is -0.141. The first-order valence-corrected chi connectivity index (χ1v) is 7.71. The molecule has 3 nitrogen and oxygen atoms in total. The van der Waals surface area contributed by atoms with E-state index < -0.39 is 0 Å². The summed E-state index contributed by atoms with van der Waals surface area (Å²) in [6.45, 7) is 4.80. The van der Waals surface area contributed by atoms with Crippen molar-refractivity contribution in [3.8, 4) is 0 Å². The number of thiol groups is 1. The number of carbonyl (C=O) groups excluding carboxylic acids is 2. The van der Waals surface area contributed by atoms with Crippen LogP contribution in [0, 0.1) is 23.7 Å². The van der Waals surface area contributed by atoms with Crippen LogP contribution >= 0.6 is 12.6 Å². The maximum absolute atomic E-state index is 12.3. The molecule has 2 amide bonds. The summed E-state index contributed by atoms with van der Waals surface area (Å²) in [5, 5.41) is 0. The van der Waals surface area contributed by atoms with Crippen LogP contribution in [0.5, 0.6) is 0 Å². The summed E-state index contributed by atoms with van der Waals surface area (Å²) in [4.78, 5) is 26.1. The molecule has 2 rings (SSSR count). The van der Waals surface area contributed by atoms with Crippen molar-refractivity contribution >= 4 is 24.4 Å². The zero-order chi connectivity index (χ0) is 13.3. The van der Waals surface area contributed by atoms with Gasteiger partial charge in [-0.3, -0.25) is 14.5 Å². The van der Waals surface area contributed by atoms with E-state index >= 15 is 0 Å². The van der Waals surface area contributed by atoms with Gasteiger partial charge in [0.2, 0.25) is 11.8 Å². The molecule has 0 aromatic rings. The van der Waals surface area contributed by atoms with Crippen LogP contribution in [-0.2, 0) is 9.59 Å². The predicted molar refractivity (Wildman–Crippen MR) is 74.3 cm³/mol. The predicted octanol–water partition coefficient (Wildman–Crippen LogP) is 2.36. The van der Waals surface area contributed by atoms with E-state index in [1.54, 1.807) is 0 Å². The van der Waals surface area contributed by atoms with Crippen molar-refractivity contribution in [2.75, 3.05) is 12.3 Å². The highest BCUT2D eigenvalue weighted by molar-refractivity contribution is 7.80. The van der Waals surface area contributed by atoms with Gasteiger partial charge in [-0.25, -0.2) is 0 Å². The third-order valence-corrected chi connectivity index (χ3v) is 5.20. The van der Waals surface area contributed by atoms with E-state index in [4.69, 9.17) is 0 Å². The third kappa shape index (κ3) is 2.31. The van der Waals surface area contributed by atoms with Gasteiger partial charge in [0.15, 0.2) is 0 Å². The van der Waals surface area contributed by atoms with E-state index in [2.05, 4.69) is 26.5 Å². The number of hydrogen-bond acceptors (Lipinski definition) is 3. The number of amides is 2. The van der Waals surface area contributed by atoms with Crippen LogP contribution in [0.25, 0.3) is 0 Å². The van der Waals surface area contributed by atoms with E-state index in [0.29, 0.717) is 18.4 Å². The molecule has 0 spiro atoms. The van der Waals surface area contributed by atoms with Crippen LogP contribution in [0.4, 0.5) is 0 Å².